The maximum atomic E-state index is 13.2. The summed E-state index contributed by atoms with van der Waals surface area (Å²) >= 11 is 0. The highest BCUT2D eigenvalue weighted by Crippen LogP contribution is 2.31. The van der Waals surface area contributed by atoms with Crippen molar-refractivity contribution in [1.82, 2.24) is 15.5 Å². The Morgan fingerprint density at radius 2 is 1.45 bits per heavy atom. The maximum absolute atomic E-state index is 13.2. The van der Waals surface area contributed by atoms with Gasteiger partial charge >= 0.3 is 0 Å². The van der Waals surface area contributed by atoms with Crippen LogP contribution in [0.2, 0.25) is 0 Å². The highest BCUT2D eigenvalue weighted by atomic mass is 32.2. The number of nitrogens with zero attached hydrogens (tertiary/aromatic N) is 1. The molecule has 0 atom stereocenters. The first-order valence-electron chi connectivity index (χ1n) is 9.98. The highest BCUT2D eigenvalue weighted by molar-refractivity contribution is 7.89. The van der Waals surface area contributed by atoms with Gasteiger partial charge in [0.15, 0.2) is 0 Å². The van der Waals surface area contributed by atoms with Crippen molar-refractivity contribution in [3.05, 3.63) is 106 Å². The van der Waals surface area contributed by atoms with Crippen molar-refractivity contribution >= 4 is 15.9 Å². The number of H-pyrrole nitrogens is 1. The van der Waals surface area contributed by atoms with Crippen molar-refractivity contribution in [2.24, 2.45) is 5.14 Å². The predicted molar refractivity (Wildman–Crippen MR) is 125 cm³/mol. The molecule has 0 aliphatic rings. The summed E-state index contributed by atoms with van der Waals surface area (Å²) in [7, 11) is -3.81. The van der Waals surface area contributed by atoms with Crippen molar-refractivity contribution in [2.45, 2.75) is 11.4 Å². The van der Waals surface area contributed by atoms with Gasteiger partial charge in [-0.05, 0) is 23.3 Å². The summed E-state index contributed by atoms with van der Waals surface area (Å²) in [6.45, 7) is 0.0837. The quantitative estimate of drug-likeness (QED) is 0.407. The number of carbonyl (C=O) groups excluding carboxylic acids is 1. The van der Waals surface area contributed by atoms with Crippen molar-refractivity contribution in [3.63, 3.8) is 0 Å². The van der Waals surface area contributed by atoms with E-state index in [1.165, 1.54) is 12.1 Å². The molecule has 0 unspecified atom stereocenters. The van der Waals surface area contributed by atoms with Gasteiger partial charge in [-0.3, -0.25) is 9.59 Å². The van der Waals surface area contributed by atoms with Gasteiger partial charge in [0, 0.05) is 17.7 Å². The first-order chi connectivity index (χ1) is 15.8. The number of nitrogens with two attached hydrogens (primary N) is 1. The van der Waals surface area contributed by atoms with Crippen LogP contribution < -0.4 is 16.0 Å². The zero-order valence-electron chi connectivity index (χ0n) is 17.4. The zero-order chi connectivity index (χ0) is 23.4. The summed E-state index contributed by atoms with van der Waals surface area (Å²) in [4.78, 5) is 25.9. The summed E-state index contributed by atoms with van der Waals surface area (Å²) in [5, 5.41) is 14.5. The Morgan fingerprint density at radius 3 is 2.03 bits per heavy atom. The monoisotopic (exact) mass is 460 g/mol. The van der Waals surface area contributed by atoms with Gasteiger partial charge in [-0.1, -0.05) is 72.8 Å². The number of hydrogen-bond acceptors (Lipinski definition) is 5. The second-order valence-corrected chi connectivity index (χ2v) is 8.82. The average Bonchev–Trinajstić information content (AvgIpc) is 2.83. The molecule has 0 spiro atoms. The number of amides is 1. The fourth-order valence-electron chi connectivity index (χ4n) is 3.43. The fourth-order valence-corrected chi connectivity index (χ4v) is 3.94. The van der Waals surface area contributed by atoms with E-state index in [1.807, 2.05) is 60.7 Å². The molecule has 0 saturated carbocycles. The lowest BCUT2D eigenvalue weighted by Crippen LogP contribution is -2.31. The highest BCUT2D eigenvalue weighted by Gasteiger charge is 2.22. The Bertz CT molecular complexity index is 1450. The number of primary sulfonamides is 1. The Kier molecular flexibility index (Phi) is 6.16. The molecule has 0 fully saturated rings. The molecule has 33 heavy (non-hydrogen) atoms. The van der Waals surface area contributed by atoms with Crippen molar-refractivity contribution in [3.8, 4) is 22.4 Å². The molecule has 3 aromatic carbocycles. The van der Waals surface area contributed by atoms with Gasteiger partial charge in [0.1, 0.15) is 5.56 Å². The van der Waals surface area contributed by atoms with Crippen LogP contribution in [-0.4, -0.2) is 24.5 Å². The molecule has 0 aliphatic heterocycles. The second kappa shape index (κ2) is 9.19. The molecule has 9 heteroatoms. The molecule has 1 heterocycles. The summed E-state index contributed by atoms with van der Waals surface area (Å²) in [5.41, 5.74) is 2.30. The number of sulfonamides is 1. The molecule has 4 N–H and O–H groups in total. The number of benzene rings is 3. The predicted octanol–water partition coefficient (Wildman–Crippen LogP) is 2.68. The summed E-state index contributed by atoms with van der Waals surface area (Å²) < 4.78 is 22.8. The second-order valence-electron chi connectivity index (χ2n) is 7.26. The number of carbonyl (C=O) groups is 1. The lowest BCUT2D eigenvalue weighted by atomic mass is 9.95. The largest absolute Gasteiger partial charge is 0.348 e. The standard InChI is InChI=1S/C24H20N4O4S/c25-33(31,32)19-13-11-16(12-14-19)15-26-23(29)21-20(17-7-3-1-4-8-17)22(27-28-24(21)30)18-9-5-2-6-10-18/h1-14H,15H2,(H,26,29)(H,28,30)(H2,25,31,32). The van der Waals surface area contributed by atoms with Gasteiger partial charge in [0.05, 0.1) is 10.6 Å². The molecule has 0 saturated heterocycles. The average molecular weight is 461 g/mol. The summed E-state index contributed by atoms with van der Waals surface area (Å²) in [5.74, 6) is -0.579. The van der Waals surface area contributed by atoms with Crippen molar-refractivity contribution in [2.75, 3.05) is 0 Å². The van der Waals surface area contributed by atoms with Gasteiger partial charge < -0.3 is 5.32 Å². The Morgan fingerprint density at radius 1 is 0.879 bits per heavy atom. The van der Waals surface area contributed by atoms with Crippen LogP contribution in [0.15, 0.2) is 94.6 Å². The van der Waals surface area contributed by atoms with Crippen LogP contribution in [0.5, 0.6) is 0 Å². The number of nitrogens with one attached hydrogen (secondary N) is 2. The number of aromatic amines is 1. The van der Waals surface area contributed by atoms with E-state index in [4.69, 9.17) is 5.14 Å². The summed E-state index contributed by atoms with van der Waals surface area (Å²) in [6.07, 6.45) is 0. The molecule has 4 rings (SSSR count). The normalized spacial score (nSPS) is 11.2. The van der Waals surface area contributed by atoms with Crippen LogP contribution in [0.1, 0.15) is 15.9 Å². The van der Waals surface area contributed by atoms with Gasteiger partial charge in [0.2, 0.25) is 10.0 Å². The molecule has 1 amide bonds. The SMILES string of the molecule is NS(=O)(=O)c1ccc(CNC(=O)c2c(-c3ccccc3)c(-c3ccccc3)n[nH]c2=O)cc1. The third-order valence-electron chi connectivity index (χ3n) is 5.02. The fraction of sp³-hybridized carbons (Fsp3) is 0.0417. The van der Waals surface area contributed by atoms with Gasteiger partial charge in [0.25, 0.3) is 11.5 Å². The van der Waals surface area contributed by atoms with E-state index in [1.54, 1.807) is 12.1 Å². The van der Waals surface area contributed by atoms with Gasteiger partial charge in [-0.25, -0.2) is 18.7 Å². The smallest absolute Gasteiger partial charge is 0.277 e. The minimum absolute atomic E-state index is 0.0259. The molecule has 0 bridgehead atoms. The van der Waals surface area contributed by atoms with Crippen LogP contribution in [0.25, 0.3) is 22.4 Å². The lowest BCUT2D eigenvalue weighted by molar-refractivity contribution is 0.0950. The van der Waals surface area contributed by atoms with E-state index in [0.29, 0.717) is 22.4 Å². The first-order valence-corrected chi connectivity index (χ1v) is 11.5. The topological polar surface area (TPSA) is 135 Å². The van der Waals surface area contributed by atoms with Crippen LogP contribution >= 0.6 is 0 Å². The third kappa shape index (κ3) is 4.89. The number of hydrogen-bond donors (Lipinski definition) is 3. The van der Waals surface area contributed by atoms with Crippen LogP contribution in [0.4, 0.5) is 0 Å². The molecule has 166 valence electrons. The first kappa shape index (κ1) is 22.1. The number of aromatic nitrogens is 2. The van der Waals surface area contributed by atoms with Crippen LogP contribution in [0.3, 0.4) is 0 Å². The lowest BCUT2D eigenvalue weighted by Gasteiger charge is -2.14. The van der Waals surface area contributed by atoms with Gasteiger partial charge in [-0.2, -0.15) is 5.10 Å². The van der Waals surface area contributed by atoms with E-state index in [-0.39, 0.29) is 17.0 Å². The molecule has 0 aliphatic carbocycles. The molecule has 1 aromatic heterocycles. The Hall–Kier alpha value is -4.08. The van der Waals surface area contributed by atoms with E-state index >= 15 is 0 Å². The van der Waals surface area contributed by atoms with Crippen molar-refractivity contribution < 1.29 is 13.2 Å². The van der Waals surface area contributed by atoms with Crippen molar-refractivity contribution in [1.29, 1.82) is 0 Å². The minimum Gasteiger partial charge on any atom is -0.348 e. The molecular formula is C24H20N4O4S. The summed E-state index contributed by atoms with van der Waals surface area (Å²) in [6, 6.07) is 24.2. The Labute approximate surface area is 190 Å². The number of rotatable bonds is 6. The molecule has 0 radical (unpaired) electrons. The van der Waals surface area contributed by atoms with Crippen LogP contribution in [0, 0.1) is 0 Å². The van der Waals surface area contributed by atoms with E-state index in [0.717, 1.165) is 5.56 Å². The third-order valence-corrected chi connectivity index (χ3v) is 5.95. The molecule has 4 aromatic rings. The maximum Gasteiger partial charge on any atom is 0.277 e. The zero-order valence-corrected chi connectivity index (χ0v) is 18.2. The van der Waals surface area contributed by atoms with Gasteiger partial charge in [-0.15, -0.1) is 0 Å². The van der Waals surface area contributed by atoms with E-state index in [2.05, 4.69) is 15.5 Å². The molecule has 8 nitrogen and oxygen atoms in total. The van der Waals surface area contributed by atoms with Crippen LogP contribution in [-0.2, 0) is 16.6 Å². The van der Waals surface area contributed by atoms with E-state index < -0.39 is 21.5 Å². The minimum atomic E-state index is -3.81. The molecular weight excluding hydrogens is 440 g/mol. The Balaban J connectivity index is 1.72. The van der Waals surface area contributed by atoms with E-state index in [9.17, 15) is 18.0 Å².